The highest BCUT2D eigenvalue weighted by Gasteiger charge is 2.60. The lowest BCUT2D eigenvalue weighted by Gasteiger charge is -2.61. The van der Waals surface area contributed by atoms with Gasteiger partial charge in [0, 0.05) is 18.5 Å². The minimum Gasteiger partial charge on any atom is -0.353 e. The Morgan fingerprint density at radius 3 is 2.33 bits per heavy atom. The standard InChI is InChI=1S/C17H28N2O2/c1-4-11(2)18-15(21)16-6-13-5-14(7-16)9-17(8-13,10-16)19-12(3)20/h11,13-14H,4-10H2,1-3H3,(H,18,21)(H,19,20). The molecule has 118 valence electrons. The van der Waals surface area contributed by atoms with Crippen molar-refractivity contribution in [1.29, 1.82) is 0 Å². The molecule has 3 unspecified atom stereocenters. The average Bonchev–Trinajstić information content (AvgIpc) is 2.35. The maximum absolute atomic E-state index is 12.9. The lowest BCUT2D eigenvalue weighted by Crippen LogP contribution is -2.66. The third-order valence-electron chi connectivity index (χ3n) is 5.97. The average molecular weight is 292 g/mol. The molecule has 0 aliphatic heterocycles. The monoisotopic (exact) mass is 292 g/mol. The molecule has 4 saturated carbocycles. The van der Waals surface area contributed by atoms with Crippen molar-refractivity contribution in [3.8, 4) is 0 Å². The normalized spacial score (nSPS) is 41.7. The number of carbonyl (C=O) groups excluding carboxylic acids is 2. The number of hydrogen-bond donors (Lipinski definition) is 2. The summed E-state index contributed by atoms with van der Waals surface area (Å²) in [6.45, 7) is 5.77. The summed E-state index contributed by atoms with van der Waals surface area (Å²) in [6, 6.07) is 0.238. The van der Waals surface area contributed by atoms with Gasteiger partial charge in [0.15, 0.2) is 0 Å². The van der Waals surface area contributed by atoms with Crippen LogP contribution in [0.5, 0.6) is 0 Å². The van der Waals surface area contributed by atoms with Crippen LogP contribution in [-0.4, -0.2) is 23.4 Å². The molecule has 4 aliphatic carbocycles. The summed E-state index contributed by atoms with van der Waals surface area (Å²) in [5, 5.41) is 6.42. The number of carbonyl (C=O) groups is 2. The predicted molar refractivity (Wildman–Crippen MR) is 81.6 cm³/mol. The Labute approximate surface area is 127 Å². The van der Waals surface area contributed by atoms with Crippen LogP contribution in [-0.2, 0) is 9.59 Å². The maximum atomic E-state index is 12.9. The molecule has 21 heavy (non-hydrogen) atoms. The van der Waals surface area contributed by atoms with E-state index in [9.17, 15) is 9.59 Å². The van der Waals surface area contributed by atoms with E-state index >= 15 is 0 Å². The van der Waals surface area contributed by atoms with Crippen LogP contribution in [0.1, 0.15) is 65.7 Å². The molecular weight excluding hydrogens is 264 g/mol. The van der Waals surface area contributed by atoms with Crippen molar-refractivity contribution in [2.75, 3.05) is 0 Å². The molecule has 0 aromatic rings. The third-order valence-corrected chi connectivity index (χ3v) is 5.97. The molecule has 4 fully saturated rings. The van der Waals surface area contributed by atoms with Crippen molar-refractivity contribution in [3.05, 3.63) is 0 Å². The largest absolute Gasteiger partial charge is 0.353 e. The first kappa shape index (κ1) is 14.9. The van der Waals surface area contributed by atoms with Gasteiger partial charge in [0.25, 0.3) is 0 Å². The Hall–Kier alpha value is -1.06. The number of rotatable bonds is 4. The Bertz CT molecular complexity index is 446. The van der Waals surface area contributed by atoms with Gasteiger partial charge in [-0.05, 0) is 63.7 Å². The second-order valence-electron chi connectivity index (χ2n) is 7.99. The van der Waals surface area contributed by atoms with E-state index in [-0.39, 0.29) is 28.8 Å². The van der Waals surface area contributed by atoms with Crippen molar-refractivity contribution in [2.24, 2.45) is 17.3 Å². The predicted octanol–water partition coefficient (Wildman–Crippen LogP) is 2.38. The summed E-state index contributed by atoms with van der Waals surface area (Å²) in [5.41, 5.74) is -0.335. The zero-order valence-electron chi connectivity index (χ0n) is 13.5. The highest BCUT2D eigenvalue weighted by molar-refractivity contribution is 5.84. The Morgan fingerprint density at radius 2 is 1.81 bits per heavy atom. The van der Waals surface area contributed by atoms with E-state index in [1.165, 1.54) is 6.42 Å². The van der Waals surface area contributed by atoms with Crippen LogP contribution >= 0.6 is 0 Å². The van der Waals surface area contributed by atoms with Gasteiger partial charge < -0.3 is 10.6 Å². The molecule has 4 nitrogen and oxygen atoms in total. The molecule has 4 rings (SSSR count). The molecule has 4 aliphatic rings. The lowest BCUT2D eigenvalue weighted by molar-refractivity contribution is -0.153. The van der Waals surface area contributed by atoms with E-state index in [1.807, 2.05) is 0 Å². The highest BCUT2D eigenvalue weighted by atomic mass is 16.2. The highest BCUT2D eigenvalue weighted by Crippen LogP contribution is 2.61. The van der Waals surface area contributed by atoms with Crippen molar-refractivity contribution >= 4 is 11.8 Å². The molecule has 2 amide bonds. The van der Waals surface area contributed by atoms with E-state index in [4.69, 9.17) is 0 Å². The van der Waals surface area contributed by atoms with E-state index in [0.29, 0.717) is 11.8 Å². The quantitative estimate of drug-likeness (QED) is 0.836. The molecule has 4 bridgehead atoms. The van der Waals surface area contributed by atoms with Crippen molar-refractivity contribution in [2.45, 2.75) is 77.3 Å². The van der Waals surface area contributed by atoms with Crippen LogP contribution in [0.3, 0.4) is 0 Å². The fraction of sp³-hybridized carbons (Fsp3) is 0.882. The second kappa shape index (κ2) is 4.99. The molecule has 0 heterocycles. The van der Waals surface area contributed by atoms with Gasteiger partial charge in [-0.15, -0.1) is 0 Å². The van der Waals surface area contributed by atoms with Gasteiger partial charge in [0.05, 0.1) is 5.41 Å². The summed E-state index contributed by atoms with van der Waals surface area (Å²) in [4.78, 5) is 24.5. The molecule has 0 radical (unpaired) electrons. The van der Waals surface area contributed by atoms with Crippen LogP contribution in [0, 0.1) is 17.3 Å². The van der Waals surface area contributed by atoms with Gasteiger partial charge in [-0.3, -0.25) is 9.59 Å². The van der Waals surface area contributed by atoms with Crippen molar-refractivity contribution in [1.82, 2.24) is 10.6 Å². The first-order valence-corrected chi connectivity index (χ1v) is 8.46. The Balaban J connectivity index is 1.83. The van der Waals surface area contributed by atoms with Crippen LogP contribution in [0.2, 0.25) is 0 Å². The third kappa shape index (κ3) is 2.58. The SMILES string of the molecule is CCC(C)NC(=O)C12CC3CC(CC(NC(C)=O)(C3)C1)C2. The second-order valence-corrected chi connectivity index (χ2v) is 7.99. The summed E-state index contributed by atoms with van der Waals surface area (Å²) in [5.74, 6) is 1.51. The van der Waals surface area contributed by atoms with E-state index in [0.717, 1.165) is 38.5 Å². The molecule has 2 N–H and O–H groups in total. The van der Waals surface area contributed by atoms with Crippen LogP contribution in [0.25, 0.3) is 0 Å². The van der Waals surface area contributed by atoms with Gasteiger partial charge in [0.2, 0.25) is 11.8 Å². The summed E-state index contributed by atoms with van der Waals surface area (Å²) in [6.07, 6.45) is 7.24. The molecule has 3 atom stereocenters. The van der Waals surface area contributed by atoms with E-state index < -0.39 is 0 Å². The zero-order chi connectivity index (χ0) is 15.3. The van der Waals surface area contributed by atoms with Crippen molar-refractivity contribution in [3.63, 3.8) is 0 Å². The van der Waals surface area contributed by atoms with E-state index in [2.05, 4.69) is 24.5 Å². The first-order chi connectivity index (χ1) is 9.86. The van der Waals surface area contributed by atoms with Gasteiger partial charge in [-0.25, -0.2) is 0 Å². The van der Waals surface area contributed by atoms with Gasteiger partial charge in [-0.2, -0.15) is 0 Å². The number of hydrogen-bond acceptors (Lipinski definition) is 2. The van der Waals surface area contributed by atoms with Gasteiger partial charge >= 0.3 is 0 Å². The summed E-state index contributed by atoms with van der Waals surface area (Å²) >= 11 is 0. The number of nitrogens with one attached hydrogen (secondary N) is 2. The smallest absolute Gasteiger partial charge is 0.226 e. The minimum absolute atomic E-state index is 0.0504. The zero-order valence-corrected chi connectivity index (χ0v) is 13.5. The molecule has 0 saturated heterocycles. The van der Waals surface area contributed by atoms with E-state index in [1.54, 1.807) is 6.92 Å². The first-order valence-electron chi connectivity index (χ1n) is 8.46. The Morgan fingerprint density at radius 1 is 1.19 bits per heavy atom. The lowest BCUT2D eigenvalue weighted by atomic mass is 9.46. The topological polar surface area (TPSA) is 58.2 Å². The summed E-state index contributed by atoms with van der Waals surface area (Å²) in [7, 11) is 0. The van der Waals surface area contributed by atoms with Crippen molar-refractivity contribution < 1.29 is 9.59 Å². The summed E-state index contributed by atoms with van der Waals surface area (Å²) < 4.78 is 0. The van der Waals surface area contributed by atoms with Gasteiger partial charge in [-0.1, -0.05) is 6.92 Å². The number of amides is 2. The fourth-order valence-electron chi connectivity index (χ4n) is 5.53. The molecule has 4 heteroatoms. The molecule has 0 spiro atoms. The molecule has 0 aromatic heterocycles. The molecule has 0 aromatic carbocycles. The van der Waals surface area contributed by atoms with Gasteiger partial charge in [0.1, 0.15) is 0 Å². The van der Waals surface area contributed by atoms with Crippen LogP contribution < -0.4 is 10.6 Å². The Kier molecular flexibility index (Phi) is 3.53. The molecular formula is C17H28N2O2. The van der Waals surface area contributed by atoms with Crippen LogP contribution in [0.4, 0.5) is 0 Å². The van der Waals surface area contributed by atoms with Crippen LogP contribution in [0.15, 0.2) is 0 Å². The maximum Gasteiger partial charge on any atom is 0.226 e. The minimum atomic E-state index is -0.226. The fourth-order valence-corrected chi connectivity index (χ4v) is 5.53.